The Morgan fingerprint density at radius 1 is 1.10 bits per heavy atom. The average Bonchev–Trinajstić information content (AvgIpc) is 2.86. The number of carbonyl (C=O) groups is 1. The monoisotopic (exact) mass is 272 g/mol. The third kappa shape index (κ3) is 2.14. The van der Waals surface area contributed by atoms with Crippen molar-refractivity contribution >= 4 is 22.5 Å². The van der Waals surface area contributed by atoms with E-state index in [9.17, 15) is 13.6 Å². The zero-order valence-electron chi connectivity index (χ0n) is 10.3. The van der Waals surface area contributed by atoms with E-state index in [-0.39, 0.29) is 5.69 Å². The highest BCUT2D eigenvalue weighted by Crippen LogP contribution is 2.20. The number of anilines is 1. The SMILES string of the molecule is O=C(Nc1ccc(F)cc1F)c1c[nH]c2ccccc12. The van der Waals surface area contributed by atoms with Gasteiger partial charge in [0, 0.05) is 23.2 Å². The van der Waals surface area contributed by atoms with Gasteiger partial charge in [-0.2, -0.15) is 0 Å². The molecule has 1 amide bonds. The lowest BCUT2D eigenvalue weighted by atomic mass is 10.1. The number of fused-ring (bicyclic) bond motifs is 1. The van der Waals surface area contributed by atoms with E-state index in [4.69, 9.17) is 0 Å². The Balaban J connectivity index is 1.93. The number of benzene rings is 2. The third-order valence-corrected chi connectivity index (χ3v) is 3.01. The second-order valence-electron chi connectivity index (χ2n) is 4.33. The molecule has 0 saturated heterocycles. The molecule has 0 atom stereocenters. The number of hydrogen-bond donors (Lipinski definition) is 2. The first kappa shape index (κ1) is 12.3. The number of nitrogens with one attached hydrogen (secondary N) is 2. The first-order chi connectivity index (χ1) is 9.65. The van der Waals surface area contributed by atoms with Crippen molar-refractivity contribution in [2.45, 2.75) is 0 Å². The summed E-state index contributed by atoms with van der Waals surface area (Å²) in [4.78, 5) is 15.1. The van der Waals surface area contributed by atoms with Gasteiger partial charge >= 0.3 is 0 Å². The molecule has 2 N–H and O–H groups in total. The minimum absolute atomic E-state index is 0.0540. The summed E-state index contributed by atoms with van der Waals surface area (Å²) in [6, 6.07) is 10.3. The van der Waals surface area contributed by atoms with Crippen LogP contribution in [0.1, 0.15) is 10.4 Å². The minimum Gasteiger partial charge on any atom is -0.360 e. The van der Waals surface area contributed by atoms with Crippen LogP contribution in [0.25, 0.3) is 10.9 Å². The van der Waals surface area contributed by atoms with E-state index >= 15 is 0 Å². The number of para-hydroxylation sites is 1. The van der Waals surface area contributed by atoms with Crippen molar-refractivity contribution in [1.29, 1.82) is 0 Å². The first-order valence-electron chi connectivity index (χ1n) is 5.97. The molecule has 0 aliphatic carbocycles. The summed E-state index contributed by atoms with van der Waals surface area (Å²) in [5.74, 6) is -1.95. The number of aromatic amines is 1. The van der Waals surface area contributed by atoms with Crippen molar-refractivity contribution < 1.29 is 13.6 Å². The largest absolute Gasteiger partial charge is 0.360 e. The van der Waals surface area contributed by atoms with Gasteiger partial charge < -0.3 is 10.3 Å². The lowest BCUT2D eigenvalue weighted by molar-refractivity contribution is 0.102. The summed E-state index contributed by atoms with van der Waals surface area (Å²) in [6.07, 6.45) is 1.56. The summed E-state index contributed by atoms with van der Waals surface area (Å²) in [5, 5.41) is 3.17. The Morgan fingerprint density at radius 3 is 2.70 bits per heavy atom. The fraction of sp³-hybridized carbons (Fsp3) is 0. The van der Waals surface area contributed by atoms with Crippen LogP contribution in [0.15, 0.2) is 48.7 Å². The molecule has 0 radical (unpaired) electrons. The number of rotatable bonds is 2. The summed E-state index contributed by atoms with van der Waals surface area (Å²) >= 11 is 0. The predicted molar refractivity (Wildman–Crippen MR) is 72.6 cm³/mol. The highest BCUT2D eigenvalue weighted by atomic mass is 19.1. The second kappa shape index (κ2) is 4.77. The van der Waals surface area contributed by atoms with Gasteiger partial charge in [0.15, 0.2) is 0 Å². The van der Waals surface area contributed by atoms with E-state index in [0.717, 1.165) is 23.0 Å². The van der Waals surface area contributed by atoms with Crippen LogP contribution in [0, 0.1) is 11.6 Å². The molecule has 0 unspecified atom stereocenters. The summed E-state index contributed by atoms with van der Waals surface area (Å²) in [7, 11) is 0. The van der Waals surface area contributed by atoms with Crippen LogP contribution in [0.2, 0.25) is 0 Å². The Bertz CT molecular complexity index is 795. The molecule has 0 saturated carbocycles. The van der Waals surface area contributed by atoms with Crippen molar-refractivity contribution in [1.82, 2.24) is 4.98 Å². The predicted octanol–water partition coefficient (Wildman–Crippen LogP) is 3.70. The van der Waals surface area contributed by atoms with Crippen LogP contribution in [0.5, 0.6) is 0 Å². The number of amides is 1. The normalized spacial score (nSPS) is 10.7. The Kier molecular flexibility index (Phi) is 2.95. The number of hydrogen-bond acceptors (Lipinski definition) is 1. The van der Waals surface area contributed by atoms with Crippen LogP contribution in [-0.4, -0.2) is 10.9 Å². The van der Waals surface area contributed by atoms with Crippen LogP contribution >= 0.6 is 0 Å². The van der Waals surface area contributed by atoms with Crippen LogP contribution in [-0.2, 0) is 0 Å². The van der Waals surface area contributed by atoms with Gasteiger partial charge in [-0.15, -0.1) is 0 Å². The molecule has 0 bridgehead atoms. The van der Waals surface area contributed by atoms with E-state index in [1.165, 1.54) is 6.07 Å². The van der Waals surface area contributed by atoms with Gasteiger partial charge in [-0.05, 0) is 18.2 Å². The maximum Gasteiger partial charge on any atom is 0.257 e. The molecule has 3 rings (SSSR count). The van der Waals surface area contributed by atoms with Gasteiger partial charge in [0.05, 0.1) is 11.3 Å². The molecule has 1 aromatic heterocycles. The molecule has 20 heavy (non-hydrogen) atoms. The van der Waals surface area contributed by atoms with E-state index in [0.29, 0.717) is 5.56 Å². The van der Waals surface area contributed by atoms with Crippen molar-refractivity contribution in [3.8, 4) is 0 Å². The lowest BCUT2D eigenvalue weighted by Crippen LogP contribution is -2.12. The van der Waals surface area contributed by atoms with Crippen molar-refractivity contribution in [3.63, 3.8) is 0 Å². The Morgan fingerprint density at radius 2 is 1.90 bits per heavy atom. The van der Waals surface area contributed by atoms with Crippen LogP contribution in [0.4, 0.5) is 14.5 Å². The van der Waals surface area contributed by atoms with Crippen molar-refractivity contribution in [2.75, 3.05) is 5.32 Å². The van der Waals surface area contributed by atoms with E-state index in [1.807, 2.05) is 18.2 Å². The molecule has 0 spiro atoms. The smallest absolute Gasteiger partial charge is 0.257 e. The second-order valence-corrected chi connectivity index (χ2v) is 4.33. The molecule has 0 aliphatic rings. The fourth-order valence-corrected chi connectivity index (χ4v) is 2.04. The average molecular weight is 272 g/mol. The Labute approximate surface area is 113 Å². The molecule has 2 aromatic carbocycles. The fourth-order valence-electron chi connectivity index (χ4n) is 2.04. The Hall–Kier alpha value is -2.69. The summed E-state index contributed by atoms with van der Waals surface area (Å²) < 4.78 is 26.3. The molecular weight excluding hydrogens is 262 g/mol. The molecule has 1 heterocycles. The van der Waals surface area contributed by atoms with Gasteiger partial charge in [-0.3, -0.25) is 4.79 Å². The van der Waals surface area contributed by atoms with Gasteiger partial charge in [-0.1, -0.05) is 18.2 Å². The van der Waals surface area contributed by atoms with Crippen molar-refractivity contribution in [3.05, 3.63) is 65.9 Å². The van der Waals surface area contributed by atoms with E-state index in [2.05, 4.69) is 10.3 Å². The molecule has 3 aromatic rings. The zero-order chi connectivity index (χ0) is 14.1. The first-order valence-corrected chi connectivity index (χ1v) is 5.97. The van der Waals surface area contributed by atoms with Crippen LogP contribution < -0.4 is 5.32 Å². The van der Waals surface area contributed by atoms with Gasteiger partial charge in [0.2, 0.25) is 0 Å². The number of halogens is 2. The molecule has 5 heteroatoms. The van der Waals surface area contributed by atoms with E-state index in [1.54, 1.807) is 12.3 Å². The quantitative estimate of drug-likeness (QED) is 0.734. The molecule has 0 aliphatic heterocycles. The highest BCUT2D eigenvalue weighted by Gasteiger charge is 2.13. The molecular formula is C15H10F2N2O. The maximum atomic E-state index is 13.5. The summed E-state index contributed by atoms with van der Waals surface area (Å²) in [6.45, 7) is 0. The maximum absolute atomic E-state index is 13.5. The minimum atomic E-state index is -0.807. The number of H-pyrrole nitrogens is 1. The van der Waals surface area contributed by atoms with E-state index < -0.39 is 17.5 Å². The summed E-state index contributed by atoms with van der Waals surface area (Å²) in [5.41, 5.74) is 1.17. The number of carbonyl (C=O) groups excluding carboxylic acids is 1. The topological polar surface area (TPSA) is 44.9 Å². The lowest BCUT2D eigenvalue weighted by Gasteiger charge is -2.05. The highest BCUT2D eigenvalue weighted by molar-refractivity contribution is 6.12. The van der Waals surface area contributed by atoms with Gasteiger partial charge in [0.25, 0.3) is 5.91 Å². The third-order valence-electron chi connectivity index (χ3n) is 3.01. The number of aromatic nitrogens is 1. The van der Waals surface area contributed by atoms with Gasteiger partial charge in [-0.25, -0.2) is 8.78 Å². The molecule has 0 fully saturated rings. The standard InChI is InChI=1S/C15H10F2N2O/c16-9-5-6-14(12(17)7-9)19-15(20)11-8-18-13-4-2-1-3-10(11)13/h1-8,18H,(H,19,20). The van der Waals surface area contributed by atoms with Crippen molar-refractivity contribution in [2.24, 2.45) is 0 Å². The van der Waals surface area contributed by atoms with Crippen LogP contribution in [0.3, 0.4) is 0 Å². The molecule has 3 nitrogen and oxygen atoms in total. The molecule has 100 valence electrons. The van der Waals surface area contributed by atoms with Gasteiger partial charge in [0.1, 0.15) is 11.6 Å². The zero-order valence-corrected chi connectivity index (χ0v) is 10.3.